The van der Waals surface area contributed by atoms with E-state index in [1.165, 1.54) is 32.3 Å². The van der Waals surface area contributed by atoms with E-state index in [1.54, 1.807) is 12.1 Å². The van der Waals surface area contributed by atoms with Crippen LogP contribution in [0.15, 0.2) is 24.3 Å². The Morgan fingerprint density at radius 1 is 1.00 bits per heavy atom. The summed E-state index contributed by atoms with van der Waals surface area (Å²) in [5.74, 6) is -0.841. The maximum absolute atomic E-state index is 14.2. The van der Waals surface area contributed by atoms with Crippen LogP contribution in [0.3, 0.4) is 0 Å². The second-order valence-electron chi connectivity index (χ2n) is 6.90. The molecule has 0 saturated heterocycles. The fraction of sp³-hybridized carbons (Fsp3) is 0.333. The number of methoxy groups -OCH3 is 3. The molecule has 0 aliphatic rings. The second kappa shape index (κ2) is 9.44. The summed E-state index contributed by atoms with van der Waals surface area (Å²) in [5, 5.41) is 0.264. The number of fused-ring (bicyclic) bond motifs is 1. The molecule has 10 heteroatoms. The van der Waals surface area contributed by atoms with Crippen molar-refractivity contribution in [3.05, 3.63) is 41.5 Å². The van der Waals surface area contributed by atoms with Crippen LogP contribution in [-0.4, -0.2) is 64.3 Å². The van der Waals surface area contributed by atoms with Crippen LogP contribution in [0.2, 0.25) is 0 Å². The number of hydrogen-bond donors (Lipinski definition) is 0. The van der Waals surface area contributed by atoms with Gasteiger partial charge in [-0.25, -0.2) is 13.8 Å². The SMILES string of the molecule is COc1cc(C(=O)N(CCN(C)C)c2nc3c(F)cc(F)cc3s2)cc(OC)c1OC. The first-order valence-corrected chi connectivity index (χ1v) is 10.1. The highest BCUT2D eigenvalue weighted by atomic mass is 32.1. The largest absolute Gasteiger partial charge is 0.493 e. The number of halogens is 2. The molecule has 0 aliphatic heterocycles. The number of carbonyl (C=O) groups is 1. The van der Waals surface area contributed by atoms with Crippen molar-refractivity contribution in [1.29, 1.82) is 0 Å². The van der Waals surface area contributed by atoms with Crippen molar-refractivity contribution in [2.75, 3.05) is 53.4 Å². The molecule has 0 fully saturated rings. The van der Waals surface area contributed by atoms with Gasteiger partial charge in [0.1, 0.15) is 11.3 Å². The Morgan fingerprint density at radius 3 is 2.19 bits per heavy atom. The quantitative estimate of drug-likeness (QED) is 0.519. The van der Waals surface area contributed by atoms with E-state index in [0.717, 1.165) is 17.4 Å². The number of ether oxygens (including phenoxy) is 3. The van der Waals surface area contributed by atoms with Gasteiger partial charge in [-0.3, -0.25) is 9.69 Å². The third-order valence-electron chi connectivity index (χ3n) is 4.56. The number of likely N-dealkylation sites (N-methyl/N-ethyl adjacent to an activating group) is 1. The van der Waals surface area contributed by atoms with Gasteiger partial charge in [0.15, 0.2) is 22.4 Å². The maximum Gasteiger partial charge on any atom is 0.260 e. The Kier molecular flexibility index (Phi) is 6.91. The first kappa shape index (κ1) is 22.7. The predicted octanol–water partition coefficient (Wildman–Crippen LogP) is 3.81. The van der Waals surface area contributed by atoms with Gasteiger partial charge in [0, 0.05) is 24.7 Å². The van der Waals surface area contributed by atoms with Gasteiger partial charge < -0.3 is 19.1 Å². The van der Waals surface area contributed by atoms with E-state index in [1.807, 2.05) is 19.0 Å². The lowest BCUT2D eigenvalue weighted by Gasteiger charge is -2.23. The molecule has 31 heavy (non-hydrogen) atoms. The van der Waals surface area contributed by atoms with Gasteiger partial charge in [-0.15, -0.1) is 0 Å². The van der Waals surface area contributed by atoms with Crippen molar-refractivity contribution < 1.29 is 27.8 Å². The normalized spacial score (nSPS) is 11.1. The molecule has 1 aromatic heterocycles. The van der Waals surface area contributed by atoms with Crippen molar-refractivity contribution >= 4 is 32.6 Å². The minimum absolute atomic E-state index is 0.0222. The summed E-state index contributed by atoms with van der Waals surface area (Å²) in [6.45, 7) is 0.815. The Labute approximate surface area is 182 Å². The van der Waals surface area contributed by atoms with Gasteiger partial charge in [-0.2, -0.15) is 0 Å². The second-order valence-corrected chi connectivity index (χ2v) is 7.91. The fourth-order valence-corrected chi connectivity index (χ4v) is 4.03. The molecular formula is C21H23F2N3O4S. The van der Waals surface area contributed by atoms with Crippen LogP contribution >= 0.6 is 11.3 Å². The standard InChI is InChI=1S/C21H23F2N3O4S/c1-25(2)6-7-26(21-24-18-14(23)10-13(22)11-17(18)31-21)20(27)12-8-15(28-3)19(30-5)16(9-12)29-4/h8-11H,6-7H2,1-5H3. The van der Waals surface area contributed by atoms with Crippen LogP contribution in [0.5, 0.6) is 17.2 Å². The summed E-state index contributed by atoms with van der Waals surface area (Å²) < 4.78 is 44.1. The highest BCUT2D eigenvalue weighted by molar-refractivity contribution is 7.22. The minimum Gasteiger partial charge on any atom is -0.493 e. The summed E-state index contributed by atoms with van der Waals surface area (Å²) in [7, 11) is 8.13. The molecule has 0 saturated carbocycles. The number of hydrogen-bond acceptors (Lipinski definition) is 7. The molecule has 1 amide bonds. The Hall–Kier alpha value is -2.98. The summed E-state index contributed by atoms with van der Waals surface area (Å²) in [5.41, 5.74) is 0.299. The Bertz CT molecular complexity index is 1080. The molecule has 0 bridgehead atoms. The zero-order valence-electron chi connectivity index (χ0n) is 17.9. The van der Waals surface area contributed by atoms with Crippen molar-refractivity contribution in [2.45, 2.75) is 0 Å². The molecule has 7 nitrogen and oxygen atoms in total. The zero-order valence-corrected chi connectivity index (χ0v) is 18.7. The molecule has 0 unspecified atom stereocenters. The lowest BCUT2D eigenvalue weighted by Crippen LogP contribution is -2.36. The topological polar surface area (TPSA) is 64.1 Å². The first-order valence-electron chi connectivity index (χ1n) is 9.31. The molecule has 3 rings (SSSR count). The highest BCUT2D eigenvalue weighted by Crippen LogP contribution is 2.39. The first-order chi connectivity index (χ1) is 14.8. The number of amides is 1. The number of thiazole rings is 1. The fourth-order valence-electron chi connectivity index (χ4n) is 3.01. The van der Waals surface area contributed by atoms with Gasteiger partial charge in [-0.1, -0.05) is 11.3 Å². The monoisotopic (exact) mass is 451 g/mol. The number of anilines is 1. The van der Waals surface area contributed by atoms with Gasteiger partial charge in [0.2, 0.25) is 5.75 Å². The lowest BCUT2D eigenvalue weighted by atomic mass is 10.1. The van der Waals surface area contributed by atoms with Gasteiger partial charge in [0.05, 0.1) is 26.0 Å². The van der Waals surface area contributed by atoms with E-state index < -0.39 is 11.6 Å². The van der Waals surface area contributed by atoms with Crippen LogP contribution in [0.1, 0.15) is 10.4 Å². The number of carbonyl (C=O) groups excluding carboxylic acids is 1. The summed E-state index contributed by atoms with van der Waals surface area (Å²) in [4.78, 5) is 21.1. The minimum atomic E-state index is -0.773. The van der Waals surface area contributed by atoms with Crippen molar-refractivity contribution in [3.8, 4) is 17.2 Å². The Morgan fingerprint density at radius 2 is 1.65 bits per heavy atom. The van der Waals surface area contributed by atoms with E-state index in [4.69, 9.17) is 14.2 Å². The maximum atomic E-state index is 14.2. The smallest absolute Gasteiger partial charge is 0.260 e. The average molecular weight is 451 g/mol. The predicted molar refractivity (Wildman–Crippen MR) is 116 cm³/mol. The number of nitrogens with zero attached hydrogens (tertiary/aromatic N) is 3. The molecule has 0 spiro atoms. The van der Waals surface area contributed by atoms with Gasteiger partial charge in [0.25, 0.3) is 5.91 Å². The van der Waals surface area contributed by atoms with Gasteiger partial charge >= 0.3 is 0 Å². The molecule has 2 aromatic carbocycles. The molecule has 0 N–H and O–H groups in total. The van der Waals surface area contributed by atoms with Crippen LogP contribution in [-0.2, 0) is 0 Å². The third-order valence-corrected chi connectivity index (χ3v) is 5.59. The number of aromatic nitrogens is 1. The summed E-state index contributed by atoms with van der Waals surface area (Å²) in [6, 6.07) is 5.06. The van der Waals surface area contributed by atoms with Crippen molar-refractivity contribution in [3.63, 3.8) is 0 Å². The summed E-state index contributed by atoms with van der Waals surface area (Å²) >= 11 is 1.04. The van der Waals surface area contributed by atoms with E-state index in [-0.39, 0.29) is 28.7 Å². The van der Waals surface area contributed by atoms with Crippen LogP contribution in [0.25, 0.3) is 10.2 Å². The van der Waals surface area contributed by atoms with Crippen LogP contribution in [0.4, 0.5) is 13.9 Å². The molecule has 166 valence electrons. The van der Waals surface area contributed by atoms with E-state index in [2.05, 4.69) is 4.98 Å². The van der Waals surface area contributed by atoms with E-state index in [0.29, 0.717) is 28.5 Å². The van der Waals surface area contributed by atoms with E-state index >= 15 is 0 Å². The van der Waals surface area contributed by atoms with Crippen molar-refractivity contribution in [2.24, 2.45) is 0 Å². The van der Waals surface area contributed by atoms with Crippen LogP contribution in [0, 0.1) is 11.6 Å². The molecule has 0 aliphatic carbocycles. The number of rotatable bonds is 8. The van der Waals surface area contributed by atoms with Gasteiger partial charge in [-0.05, 0) is 32.3 Å². The zero-order chi connectivity index (χ0) is 22.7. The van der Waals surface area contributed by atoms with E-state index in [9.17, 15) is 13.6 Å². The molecular weight excluding hydrogens is 428 g/mol. The van der Waals surface area contributed by atoms with Crippen LogP contribution < -0.4 is 19.1 Å². The molecule has 3 aromatic rings. The molecule has 0 atom stereocenters. The Balaban J connectivity index is 2.09. The third kappa shape index (κ3) is 4.70. The molecule has 1 heterocycles. The summed E-state index contributed by atoms with van der Waals surface area (Å²) in [6.07, 6.45) is 0. The number of benzene rings is 2. The highest BCUT2D eigenvalue weighted by Gasteiger charge is 2.25. The molecule has 0 radical (unpaired) electrons. The average Bonchev–Trinajstić information content (AvgIpc) is 3.16. The lowest BCUT2D eigenvalue weighted by molar-refractivity contribution is 0.0984. The van der Waals surface area contributed by atoms with Crippen molar-refractivity contribution in [1.82, 2.24) is 9.88 Å².